The summed E-state index contributed by atoms with van der Waals surface area (Å²) in [6.07, 6.45) is 3.40. The van der Waals surface area contributed by atoms with Crippen molar-refractivity contribution < 1.29 is 18.7 Å². The molecule has 0 unspecified atom stereocenters. The van der Waals surface area contributed by atoms with E-state index in [1.165, 1.54) is 11.2 Å². The van der Waals surface area contributed by atoms with E-state index in [2.05, 4.69) is 10.6 Å². The number of carbonyl (C=O) groups excluding carboxylic acids is 2. The number of nitrogens with zero attached hydrogens (tertiary/aromatic N) is 3. The van der Waals surface area contributed by atoms with E-state index in [0.717, 1.165) is 11.3 Å². The van der Waals surface area contributed by atoms with Crippen LogP contribution < -0.4 is 15.4 Å². The molecule has 2 heterocycles. The van der Waals surface area contributed by atoms with E-state index < -0.39 is 5.91 Å². The molecule has 4 rings (SSSR count). The molecule has 3 amide bonds. The number of benzene rings is 2. The first-order valence-corrected chi connectivity index (χ1v) is 12.2. The van der Waals surface area contributed by atoms with Crippen LogP contribution in [0.25, 0.3) is 16.9 Å². The minimum absolute atomic E-state index is 0.0837. The smallest absolute Gasteiger partial charge is 0.318 e. The van der Waals surface area contributed by atoms with E-state index in [1.54, 1.807) is 16.7 Å². The number of amides is 3. The monoisotopic (exact) mass is 501 g/mol. The van der Waals surface area contributed by atoms with Crippen molar-refractivity contribution >= 4 is 17.9 Å². The zero-order chi connectivity index (χ0) is 26.2. The van der Waals surface area contributed by atoms with E-state index in [1.807, 2.05) is 81.6 Å². The van der Waals surface area contributed by atoms with Crippen LogP contribution in [-0.2, 0) is 11.3 Å². The van der Waals surface area contributed by atoms with Gasteiger partial charge in [0, 0.05) is 23.9 Å². The maximum absolute atomic E-state index is 13.2. The average Bonchev–Trinajstić information content (AvgIpc) is 3.54. The van der Waals surface area contributed by atoms with Gasteiger partial charge in [-0.3, -0.25) is 14.7 Å². The summed E-state index contributed by atoms with van der Waals surface area (Å²) in [5.41, 5.74) is 2.39. The van der Waals surface area contributed by atoms with Crippen LogP contribution in [0.15, 0.2) is 83.6 Å². The van der Waals surface area contributed by atoms with Gasteiger partial charge in [0.05, 0.1) is 30.8 Å². The third-order valence-electron chi connectivity index (χ3n) is 5.39. The predicted molar refractivity (Wildman–Crippen MR) is 142 cm³/mol. The fourth-order valence-corrected chi connectivity index (χ4v) is 3.77. The SMILES string of the molecule is CCOc1cccc(-n2cc(-c3ccccc3)nc2NC(=O)CN(Cc2ccco2)C(=O)NC(C)C)c1. The van der Waals surface area contributed by atoms with Crippen LogP contribution in [0.1, 0.15) is 26.5 Å². The summed E-state index contributed by atoms with van der Waals surface area (Å²) >= 11 is 0. The second kappa shape index (κ2) is 11.9. The molecule has 2 aromatic heterocycles. The third-order valence-corrected chi connectivity index (χ3v) is 5.39. The first-order valence-electron chi connectivity index (χ1n) is 12.2. The molecule has 192 valence electrons. The maximum Gasteiger partial charge on any atom is 0.318 e. The molecule has 0 radical (unpaired) electrons. The van der Waals surface area contributed by atoms with Gasteiger partial charge in [-0.2, -0.15) is 0 Å². The number of aromatic nitrogens is 2. The van der Waals surface area contributed by atoms with Crippen LogP contribution in [0.4, 0.5) is 10.7 Å². The molecule has 0 saturated heterocycles. The Bertz CT molecular complexity index is 1320. The van der Waals surface area contributed by atoms with Crippen LogP contribution in [0.3, 0.4) is 0 Å². The molecular weight excluding hydrogens is 470 g/mol. The lowest BCUT2D eigenvalue weighted by molar-refractivity contribution is -0.117. The fourth-order valence-electron chi connectivity index (χ4n) is 3.77. The summed E-state index contributed by atoms with van der Waals surface area (Å²) in [4.78, 5) is 32.1. The van der Waals surface area contributed by atoms with Crippen LogP contribution in [-0.4, -0.2) is 45.6 Å². The highest BCUT2D eigenvalue weighted by Gasteiger charge is 2.21. The molecule has 0 aliphatic heterocycles. The van der Waals surface area contributed by atoms with Gasteiger partial charge in [0.25, 0.3) is 0 Å². The van der Waals surface area contributed by atoms with E-state index in [4.69, 9.17) is 14.1 Å². The second-order valence-electron chi connectivity index (χ2n) is 8.70. The molecule has 37 heavy (non-hydrogen) atoms. The zero-order valence-electron chi connectivity index (χ0n) is 21.2. The molecule has 9 heteroatoms. The summed E-state index contributed by atoms with van der Waals surface area (Å²) in [6.45, 7) is 6.15. The molecule has 0 aliphatic rings. The van der Waals surface area contributed by atoms with Crippen molar-refractivity contribution in [3.63, 3.8) is 0 Å². The molecule has 2 N–H and O–H groups in total. The van der Waals surface area contributed by atoms with Crippen LogP contribution in [0.2, 0.25) is 0 Å². The molecule has 4 aromatic rings. The Kier molecular flexibility index (Phi) is 8.25. The molecule has 9 nitrogen and oxygen atoms in total. The number of hydrogen-bond donors (Lipinski definition) is 2. The van der Waals surface area contributed by atoms with E-state index in [-0.39, 0.29) is 25.2 Å². The number of urea groups is 1. The topological polar surface area (TPSA) is 102 Å². The minimum Gasteiger partial charge on any atom is -0.494 e. The summed E-state index contributed by atoms with van der Waals surface area (Å²) in [7, 11) is 0. The van der Waals surface area contributed by atoms with E-state index in [0.29, 0.717) is 29.8 Å². The van der Waals surface area contributed by atoms with Crippen molar-refractivity contribution in [3.8, 4) is 22.7 Å². The summed E-state index contributed by atoms with van der Waals surface area (Å²) in [5.74, 6) is 1.23. The van der Waals surface area contributed by atoms with Crippen molar-refractivity contribution in [3.05, 3.63) is 85.0 Å². The van der Waals surface area contributed by atoms with Gasteiger partial charge in [0.15, 0.2) is 0 Å². The number of ether oxygens (including phenoxy) is 1. The van der Waals surface area contributed by atoms with Gasteiger partial charge < -0.3 is 19.4 Å². The minimum atomic E-state index is -0.391. The van der Waals surface area contributed by atoms with Crippen LogP contribution in [0, 0.1) is 0 Å². The zero-order valence-corrected chi connectivity index (χ0v) is 21.2. The Morgan fingerprint density at radius 3 is 2.59 bits per heavy atom. The largest absolute Gasteiger partial charge is 0.494 e. The fraction of sp³-hybridized carbons (Fsp3) is 0.250. The standard InChI is InChI=1S/C28H31N5O4/c1-4-36-23-13-8-12-22(16-23)33-18-25(21-10-6-5-7-11-21)30-27(33)31-26(34)19-32(28(35)29-20(2)3)17-24-14-9-15-37-24/h5-16,18,20H,4,17,19H2,1-3H3,(H,29,35)(H,30,31,34). The maximum atomic E-state index is 13.2. The Labute approximate surface area is 216 Å². The molecule has 0 spiro atoms. The van der Waals surface area contributed by atoms with Crippen LogP contribution >= 0.6 is 0 Å². The van der Waals surface area contributed by atoms with Crippen LogP contribution in [0.5, 0.6) is 5.75 Å². The molecule has 0 bridgehead atoms. The summed E-state index contributed by atoms with van der Waals surface area (Å²) in [5, 5.41) is 5.72. The Hall–Kier alpha value is -4.53. The Morgan fingerprint density at radius 2 is 1.89 bits per heavy atom. The Balaban J connectivity index is 1.61. The molecule has 0 fully saturated rings. The molecule has 2 aromatic carbocycles. The first kappa shape index (κ1) is 25.6. The normalized spacial score (nSPS) is 10.8. The van der Waals surface area contributed by atoms with Gasteiger partial charge in [-0.05, 0) is 45.0 Å². The molecular formula is C28H31N5O4. The average molecular weight is 502 g/mol. The quantitative estimate of drug-likeness (QED) is 0.315. The van der Waals surface area contributed by atoms with Gasteiger partial charge in [0.1, 0.15) is 18.1 Å². The highest BCUT2D eigenvalue weighted by Crippen LogP contribution is 2.26. The number of imidazole rings is 1. The number of nitrogens with one attached hydrogen (secondary N) is 2. The van der Waals surface area contributed by atoms with Gasteiger partial charge in [0.2, 0.25) is 11.9 Å². The van der Waals surface area contributed by atoms with E-state index in [9.17, 15) is 9.59 Å². The number of furan rings is 1. The van der Waals surface area contributed by atoms with Crippen molar-refractivity contribution in [1.29, 1.82) is 0 Å². The van der Waals surface area contributed by atoms with Crippen molar-refractivity contribution in [2.75, 3.05) is 18.5 Å². The second-order valence-corrected chi connectivity index (χ2v) is 8.70. The number of hydrogen-bond acceptors (Lipinski definition) is 5. The highest BCUT2D eigenvalue weighted by atomic mass is 16.5. The number of anilines is 1. The van der Waals surface area contributed by atoms with Gasteiger partial charge >= 0.3 is 6.03 Å². The van der Waals surface area contributed by atoms with Crippen molar-refractivity contribution in [2.45, 2.75) is 33.4 Å². The third kappa shape index (κ3) is 6.78. The van der Waals surface area contributed by atoms with E-state index >= 15 is 0 Å². The van der Waals surface area contributed by atoms with Gasteiger partial charge in [-0.25, -0.2) is 9.78 Å². The molecule has 0 atom stereocenters. The van der Waals surface area contributed by atoms with Gasteiger partial charge in [-0.1, -0.05) is 36.4 Å². The van der Waals surface area contributed by atoms with Crippen molar-refractivity contribution in [2.24, 2.45) is 0 Å². The van der Waals surface area contributed by atoms with Gasteiger partial charge in [-0.15, -0.1) is 0 Å². The summed E-state index contributed by atoms with van der Waals surface area (Å²) < 4.78 is 12.9. The lowest BCUT2D eigenvalue weighted by atomic mass is 10.2. The van der Waals surface area contributed by atoms with Crippen molar-refractivity contribution in [1.82, 2.24) is 19.8 Å². The lowest BCUT2D eigenvalue weighted by Gasteiger charge is -2.23. The summed E-state index contributed by atoms with van der Waals surface area (Å²) in [6, 6.07) is 20.3. The highest BCUT2D eigenvalue weighted by molar-refractivity contribution is 5.93. The number of carbonyl (C=O) groups is 2. The molecule has 0 saturated carbocycles. The molecule has 0 aliphatic carbocycles. The first-order chi connectivity index (χ1) is 17.9. The predicted octanol–water partition coefficient (Wildman–Crippen LogP) is 5.09. The number of rotatable bonds is 10. The lowest BCUT2D eigenvalue weighted by Crippen LogP contribution is -2.45. The Morgan fingerprint density at radius 1 is 1.08 bits per heavy atom.